The van der Waals surface area contributed by atoms with Gasteiger partial charge in [-0.05, 0) is 48.3 Å². The lowest BCUT2D eigenvalue weighted by atomic mass is 9.59. The average Bonchev–Trinajstić information content (AvgIpc) is 2.90. The first-order valence-corrected chi connectivity index (χ1v) is 5.62. The Morgan fingerprint density at radius 1 is 1.08 bits per heavy atom. The zero-order chi connectivity index (χ0) is 8.58. The van der Waals surface area contributed by atoms with Gasteiger partial charge in [0.05, 0.1) is 12.7 Å². The van der Waals surface area contributed by atoms with E-state index in [2.05, 4.69) is 0 Å². The fourth-order valence-electron chi connectivity index (χ4n) is 4.65. The van der Waals surface area contributed by atoms with Crippen LogP contribution in [0.2, 0.25) is 0 Å². The molecule has 0 radical (unpaired) electrons. The maximum atomic E-state index is 9.41. The second-order valence-corrected chi connectivity index (χ2v) is 5.42. The fraction of sp³-hybridized carbons (Fsp3) is 1.00. The van der Waals surface area contributed by atoms with Crippen LogP contribution in [-0.4, -0.2) is 24.4 Å². The fourth-order valence-corrected chi connectivity index (χ4v) is 4.65. The average molecular weight is 180 g/mol. The number of hydrogen-bond donors (Lipinski definition) is 1. The molecule has 1 saturated heterocycles. The molecular weight excluding hydrogens is 164 g/mol. The van der Waals surface area contributed by atoms with Gasteiger partial charge < -0.3 is 9.84 Å². The second-order valence-electron chi connectivity index (χ2n) is 5.42. The van der Waals surface area contributed by atoms with Crippen LogP contribution in [-0.2, 0) is 4.74 Å². The van der Waals surface area contributed by atoms with Gasteiger partial charge in [0.25, 0.3) is 0 Å². The third-order valence-corrected chi connectivity index (χ3v) is 5.18. The van der Waals surface area contributed by atoms with Gasteiger partial charge in [-0.3, -0.25) is 0 Å². The predicted molar refractivity (Wildman–Crippen MR) is 47.0 cm³/mol. The van der Waals surface area contributed by atoms with Crippen molar-refractivity contribution in [2.45, 2.75) is 18.9 Å². The summed E-state index contributed by atoms with van der Waals surface area (Å²) < 4.78 is 5.83. The first kappa shape index (κ1) is 7.24. The van der Waals surface area contributed by atoms with Crippen molar-refractivity contribution in [1.82, 2.24) is 0 Å². The van der Waals surface area contributed by atoms with Gasteiger partial charge in [-0.1, -0.05) is 0 Å². The van der Waals surface area contributed by atoms with Crippen molar-refractivity contribution in [3.05, 3.63) is 0 Å². The molecule has 0 aromatic carbocycles. The predicted octanol–water partition coefficient (Wildman–Crippen LogP) is 0.896. The molecule has 1 heterocycles. The van der Waals surface area contributed by atoms with Crippen molar-refractivity contribution in [2.24, 2.45) is 35.5 Å². The molecule has 4 aliphatic carbocycles. The van der Waals surface area contributed by atoms with E-state index in [0.29, 0.717) is 18.6 Å². The highest BCUT2D eigenvalue weighted by atomic mass is 16.5. The summed E-state index contributed by atoms with van der Waals surface area (Å²) >= 11 is 0. The molecule has 0 aromatic rings. The van der Waals surface area contributed by atoms with Crippen LogP contribution in [0, 0.1) is 35.5 Å². The van der Waals surface area contributed by atoms with Gasteiger partial charge in [0, 0.05) is 6.61 Å². The van der Waals surface area contributed by atoms with Crippen LogP contribution in [0.3, 0.4) is 0 Å². The van der Waals surface area contributed by atoms with Gasteiger partial charge in [-0.2, -0.15) is 0 Å². The molecule has 5 rings (SSSR count). The van der Waals surface area contributed by atoms with E-state index in [-0.39, 0.29) is 0 Å². The molecule has 0 amide bonds. The standard InChI is InChI=1S/C11H16O2/c12-3-8-6-2-10-11(7-1-5(6)7)9(8)4-13-10/h5-12H,1-4H2/t5?,6-,7?,8+,9-,10+,11+/m1/s1. The molecule has 7 atom stereocenters. The number of aliphatic hydroxyl groups excluding tert-OH is 1. The SMILES string of the molecule is OC[C@@H]1[C@H]2CO[C@H]3C[C@@H]1C1CC1[C@@H]23. The molecule has 2 nitrogen and oxygen atoms in total. The van der Waals surface area contributed by atoms with Crippen LogP contribution in [0.25, 0.3) is 0 Å². The quantitative estimate of drug-likeness (QED) is 0.649. The van der Waals surface area contributed by atoms with E-state index < -0.39 is 0 Å². The van der Waals surface area contributed by atoms with Crippen molar-refractivity contribution in [3.8, 4) is 0 Å². The van der Waals surface area contributed by atoms with Crippen LogP contribution >= 0.6 is 0 Å². The molecule has 72 valence electrons. The van der Waals surface area contributed by atoms with Gasteiger partial charge in [-0.25, -0.2) is 0 Å². The van der Waals surface area contributed by atoms with E-state index >= 15 is 0 Å². The molecular formula is C11H16O2. The summed E-state index contributed by atoms with van der Waals surface area (Å²) in [4.78, 5) is 0. The Hall–Kier alpha value is -0.0800. The summed E-state index contributed by atoms with van der Waals surface area (Å²) in [5.74, 6) is 4.95. The number of hydrogen-bond acceptors (Lipinski definition) is 2. The van der Waals surface area contributed by atoms with Crippen molar-refractivity contribution in [1.29, 1.82) is 0 Å². The summed E-state index contributed by atoms with van der Waals surface area (Å²) in [5, 5.41) is 9.41. The zero-order valence-corrected chi connectivity index (χ0v) is 7.73. The summed E-state index contributed by atoms with van der Waals surface area (Å²) in [6.07, 6.45) is 3.29. The lowest BCUT2D eigenvalue weighted by Gasteiger charge is -2.45. The first-order chi connectivity index (χ1) is 6.40. The largest absolute Gasteiger partial charge is 0.396 e. The van der Waals surface area contributed by atoms with Crippen LogP contribution in [0.4, 0.5) is 0 Å². The van der Waals surface area contributed by atoms with E-state index in [1.54, 1.807) is 0 Å². The minimum absolute atomic E-state index is 0.408. The molecule has 4 bridgehead atoms. The van der Waals surface area contributed by atoms with Crippen LogP contribution in [0.15, 0.2) is 0 Å². The van der Waals surface area contributed by atoms with Crippen molar-refractivity contribution in [2.75, 3.05) is 13.2 Å². The van der Waals surface area contributed by atoms with Gasteiger partial charge in [0.15, 0.2) is 0 Å². The van der Waals surface area contributed by atoms with Crippen molar-refractivity contribution < 1.29 is 9.84 Å². The maximum Gasteiger partial charge on any atom is 0.0612 e. The first-order valence-electron chi connectivity index (χ1n) is 5.62. The number of aliphatic hydroxyl groups is 1. The van der Waals surface area contributed by atoms with Gasteiger partial charge in [-0.15, -0.1) is 0 Å². The van der Waals surface area contributed by atoms with E-state index in [9.17, 15) is 5.11 Å². The molecule has 4 saturated carbocycles. The van der Waals surface area contributed by atoms with Gasteiger partial charge in [0.1, 0.15) is 0 Å². The van der Waals surface area contributed by atoms with E-state index in [1.165, 1.54) is 12.8 Å². The number of ether oxygens (including phenoxy) is 1. The highest BCUT2D eigenvalue weighted by molar-refractivity contribution is 5.14. The molecule has 0 aromatic heterocycles. The second kappa shape index (κ2) is 2.12. The molecule has 0 spiro atoms. The maximum absolute atomic E-state index is 9.41. The summed E-state index contributed by atoms with van der Waals surface area (Å²) in [5.41, 5.74) is 0. The summed E-state index contributed by atoms with van der Waals surface area (Å²) in [6, 6.07) is 0. The molecule has 2 heteroatoms. The Bertz CT molecular complexity index is 250. The van der Waals surface area contributed by atoms with Crippen LogP contribution in [0.5, 0.6) is 0 Å². The van der Waals surface area contributed by atoms with E-state index in [0.717, 1.165) is 36.2 Å². The Kier molecular flexibility index (Phi) is 1.18. The smallest absolute Gasteiger partial charge is 0.0612 e. The van der Waals surface area contributed by atoms with Crippen molar-refractivity contribution in [3.63, 3.8) is 0 Å². The Balaban J connectivity index is 1.77. The third-order valence-electron chi connectivity index (χ3n) is 5.18. The van der Waals surface area contributed by atoms with Crippen LogP contribution < -0.4 is 0 Å². The minimum atomic E-state index is 0.408. The number of rotatable bonds is 1. The van der Waals surface area contributed by atoms with E-state index in [4.69, 9.17) is 4.74 Å². The molecule has 1 N–H and O–H groups in total. The van der Waals surface area contributed by atoms with Crippen LogP contribution in [0.1, 0.15) is 12.8 Å². The van der Waals surface area contributed by atoms with Gasteiger partial charge >= 0.3 is 0 Å². The minimum Gasteiger partial charge on any atom is -0.396 e. The highest BCUT2D eigenvalue weighted by Crippen LogP contribution is 2.68. The normalized spacial score (nSPS) is 66.7. The topological polar surface area (TPSA) is 29.5 Å². The Labute approximate surface area is 78.3 Å². The monoisotopic (exact) mass is 180 g/mol. The molecule has 1 aliphatic heterocycles. The van der Waals surface area contributed by atoms with Crippen molar-refractivity contribution >= 4 is 0 Å². The van der Waals surface area contributed by atoms with Gasteiger partial charge in [0.2, 0.25) is 0 Å². The molecule has 5 fully saturated rings. The molecule has 2 unspecified atom stereocenters. The van der Waals surface area contributed by atoms with E-state index in [1.807, 2.05) is 0 Å². The zero-order valence-electron chi connectivity index (χ0n) is 7.73. The Morgan fingerprint density at radius 2 is 2.00 bits per heavy atom. The third kappa shape index (κ3) is 0.701. The molecule has 13 heavy (non-hydrogen) atoms. The summed E-state index contributed by atoms with van der Waals surface area (Å²) in [6.45, 7) is 1.35. The molecule has 5 aliphatic rings. The lowest BCUT2D eigenvalue weighted by Crippen LogP contribution is -2.46. The Morgan fingerprint density at radius 3 is 2.85 bits per heavy atom. The highest BCUT2D eigenvalue weighted by Gasteiger charge is 2.66. The summed E-state index contributed by atoms with van der Waals surface area (Å²) in [7, 11) is 0. The lowest BCUT2D eigenvalue weighted by molar-refractivity contribution is -0.0216.